The lowest BCUT2D eigenvalue weighted by molar-refractivity contribution is 0.728. The molecule has 3 aromatic heterocycles. The Kier molecular flexibility index (Phi) is 4.97. The topological polar surface area (TPSA) is 84.4 Å². The van der Waals surface area contributed by atoms with Gasteiger partial charge in [0.2, 0.25) is 0 Å². The fourth-order valence-corrected chi connectivity index (χ4v) is 2.82. The lowest BCUT2D eigenvalue weighted by atomic mass is 10.2. The molecule has 3 aromatic rings. The van der Waals surface area contributed by atoms with E-state index in [-0.39, 0.29) is 0 Å². The molecule has 0 amide bonds. The van der Waals surface area contributed by atoms with E-state index < -0.39 is 0 Å². The molecular formula is C17H24N8. The number of hydrogen-bond donors (Lipinski definition) is 2. The fraction of sp³-hybridized carbons (Fsp3) is 0.412. The number of aryl methyl sites for hydroxylation is 2. The van der Waals surface area contributed by atoms with E-state index in [2.05, 4.69) is 37.8 Å². The number of nitrogens with zero attached hydrogens (tertiary/aromatic N) is 6. The maximum Gasteiger partial charge on any atom is 0.191 e. The van der Waals surface area contributed by atoms with E-state index >= 15 is 0 Å². The molecule has 0 aliphatic carbocycles. The van der Waals surface area contributed by atoms with Crippen LogP contribution in [0.3, 0.4) is 0 Å². The summed E-state index contributed by atoms with van der Waals surface area (Å²) in [5, 5.41) is 19.5. The first-order valence-electron chi connectivity index (χ1n) is 8.32. The lowest BCUT2D eigenvalue weighted by Gasteiger charge is -2.12. The number of aromatic nitrogens is 5. The first-order valence-corrected chi connectivity index (χ1v) is 8.32. The molecule has 0 fully saturated rings. The second-order valence-electron chi connectivity index (χ2n) is 5.92. The van der Waals surface area contributed by atoms with Gasteiger partial charge >= 0.3 is 0 Å². The Morgan fingerprint density at radius 3 is 2.76 bits per heavy atom. The number of guanidine groups is 1. The highest BCUT2D eigenvalue weighted by atomic mass is 15.3. The molecule has 0 aromatic carbocycles. The average Bonchev–Trinajstić information content (AvgIpc) is 3.13. The Bertz CT molecular complexity index is 889. The zero-order valence-corrected chi connectivity index (χ0v) is 15.1. The predicted molar refractivity (Wildman–Crippen MR) is 97.6 cm³/mol. The van der Waals surface area contributed by atoms with Crippen molar-refractivity contribution in [1.29, 1.82) is 0 Å². The van der Waals surface area contributed by atoms with Crippen LogP contribution in [0.25, 0.3) is 5.65 Å². The summed E-state index contributed by atoms with van der Waals surface area (Å²) in [5.41, 5.74) is 4.27. The second-order valence-corrected chi connectivity index (χ2v) is 5.92. The molecule has 8 heteroatoms. The van der Waals surface area contributed by atoms with Crippen molar-refractivity contribution < 1.29 is 0 Å². The molecule has 2 N–H and O–H groups in total. The average molecular weight is 340 g/mol. The van der Waals surface area contributed by atoms with Crippen molar-refractivity contribution in [3.63, 3.8) is 0 Å². The van der Waals surface area contributed by atoms with Gasteiger partial charge < -0.3 is 10.6 Å². The van der Waals surface area contributed by atoms with Crippen molar-refractivity contribution in [3.05, 3.63) is 47.2 Å². The van der Waals surface area contributed by atoms with Gasteiger partial charge in [0.05, 0.1) is 5.69 Å². The van der Waals surface area contributed by atoms with E-state index in [4.69, 9.17) is 0 Å². The second kappa shape index (κ2) is 7.33. The highest BCUT2D eigenvalue weighted by Crippen LogP contribution is 2.11. The number of rotatable bonds is 5. The Balaban J connectivity index is 1.54. The van der Waals surface area contributed by atoms with Gasteiger partial charge in [-0.1, -0.05) is 6.07 Å². The predicted octanol–water partition coefficient (Wildman–Crippen LogP) is 0.987. The minimum atomic E-state index is 0.693. The molecular weight excluding hydrogens is 316 g/mol. The molecule has 0 bridgehead atoms. The third-order valence-electron chi connectivity index (χ3n) is 4.34. The molecule has 132 valence electrons. The molecule has 0 aliphatic rings. The molecule has 0 saturated carbocycles. The monoisotopic (exact) mass is 340 g/mol. The van der Waals surface area contributed by atoms with Crippen LogP contribution in [0, 0.1) is 13.8 Å². The van der Waals surface area contributed by atoms with E-state index in [1.165, 1.54) is 5.56 Å². The maximum absolute atomic E-state index is 4.44. The molecule has 0 radical (unpaired) electrons. The summed E-state index contributed by atoms with van der Waals surface area (Å²) in [6.45, 7) is 5.51. The summed E-state index contributed by atoms with van der Waals surface area (Å²) in [6, 6.07) is 5.88. The molecule has 25 heavy (non-hydrogen) atoms. The number of pyridine rings is 1. The standard InChI is InChI=1S/C17H24N8/c1-12-14(13(2)24(4)23-12)11-20-17(18-3)19-9-8-16-22-21-15-7-5-6-10-25(15)16/h5-7,10H,8-9,11H2,1-4H3,(H2,18,19,20). The molecule has 8 nitrogen and oxygen atoms in total. The zero-order chi connectivity index (χ0) is 17.8. The fourth-order valence-electron chi connectivity index (χ4n) is 2.82. The summed E-state index contributed by atoms with van der Waals surface area (Å²) in [6.07, 6.45) is 2.74. The third kappa shape index (κ3) is 3.62. The van der Waals surface area contributed by atoms with E-state index in [1.807, 2.05) is 47.4 Å². The summed E-state index contributed by atoms with van der Waals surface area (Å²) >= 11 is 0. The number of hydrogen-bond acceptors (Lipinski definition) is 4. The summed E-state index contributed by atoms with van der Waals surface area (Å²) in [4.78, 5) is 4.27. The van der Waals surface area contributed by atoms with Crippen LogP contribution in [0.15, 0.2) is 29.4 Å². The summed E-state index contributed by atoms with van der Waals surface area (Å²) in [5.74, 6) is 1.69. The van der Waals surface area contributed by atoms with Gasteiger partial charge in [0.25, 0.3) is 0 Å². The number of aliphatic imine (C=N–C) groups is 1. The van der Waals surface area contributed by atoms with Crippen LogP contribution in [-0.2, 0) is 20.0 Å². The Hall–Kier alpha value is -2.90. The largest absolute Gasteiger partial charge is 0.356 e. The molecule has 0 saturated heterocycles. The van der Waals surface area contributed by atoms with Crippen molar-refractivity contribution in [2.75, 3.05) is 13.6 Å². The van der Waals surface area contributed by atoms with Crippen molar-refractivity contribution in [1.82, 2.24) is 35.0 Å². The van der Waals surface area contributed by atoms with Gasteiger partial charge in [-0.25, -0.2) is 0 Å². The van der Waals surface area contributed by atoms with Crippen LogP contribution in [0.1, 0.15) is 22.8 Å². The molecule has 0 spiro atoms. The third-order valence-corrected chi connectivity index (χ3v) is 4.34. The van der Waals surface area contributed by atoms with Crippen LogP contribution in [0.5, 0.6) is 0 Å². The molecule has 0 atom stereocenters. The van der Waals surface area contributed by atoms with E-state index in [0.717, 1.165) is 41.8 Å². The molecule has 0 aliphatic heterocycles. The summed E-state index contributed by atoms with van der Waals surface area (Å²) < 4.78 is 3.90. The first kappa shape index (κ1) is 16.9. The SMILES string of the molecule is CN=C(NCCc1nnc2ccccn12)NCc1c(C)nn(C)c1C. The number of nitrogens with one attached hydrogen (secondary N) is 2. The van der Waals surface area contributed by atoms with Gasteiger partial charge in [-0.05, 0) is 26.0 Å². The van der Waals surface area contributed by atoms with E-state index in [9.17, 15) is 0 Å². The van der Waals surface area contributed by atoms with Crippen LogP contribution in [0.2, 0.25) is 0 Å². The van der Waals surface area contributed by atoms with Crippen LogP contribution >= 0.6 is 0 Å². The van der Waals surface area contributed by atoms with Gasteiger partial charge in [0.15, 0.2) is 11.6 Å². The quantitative estimate of drug-likeness (QED) is 0.534. The van der Waals surface area contributed by atoms with Crippen LogP contribution < -0.4 is 10.6 Å². The minimum Gasteiger partial charge on any atom is -0.356 e. The van der Waals surface area contributed by atoms with Crippen molar-refractivity contribution >= 4 is 11.6 Å². The Morgan fingerprint density at radius 2 is 2.04 bits per heavy atom. The molecule has 3 rings (SSSR count). The normalized spacial score (nSPS) is 11.9. The maximum atomic E-state index is 4.44. The van der Waals surface area contributed by atoms with Gasteiger partial charge in [0, 0.05) is 51.1 Å². The van der Waals surface area contributed by atoms with Crippen molar-refractivity contribution in [2.45, 2.75) is 26.8 Å². The number of fused-ring (bicyclic) bond motifs is 1. The van der Waals surface area contributed by atoms with Gasteiger partial charge in [-0.2, -0.15) is 5.10 Å². The van der Waals surface area contributed by atoms with Crippen LogP contribution in [-0.4, -0.2) is 43.9 Å². The van der Waals surface area contributed by atoms with Crippen molar-refractivity contribution in [2.24, 2.45) is 12.0 Å². The molecule has 3 heterocycles. The Labute approximate surface area is 147 Å². The zero-order valence-electron chi connectivity index (χ0n) is 15.1. The molecule has 0 unspecified atom stereocenters. The van der Waals surface area contributed by atoms with Gasteiger partial charge in [-0.15, -0.1) is 10.2 Å². The highest BCUT2D eigenvalue weighted by molar-refractivity contribution is 5.79. The first-order chi connectivity index (χ1) is 12.1. The van der Waals surface area contributed by atoms with E-state index in [0.29, 0.717) is 6.54 Å². The van der Waals surface area contributed by atoms with E-state index in [1.54, 1.807) is 7.05 Å². The van der Waals surface area contributed by atoms with Crippen LogP contribution in [0.4, 0.5) is 0 Å². The van der Waals surface area contributed by atoms with Gasteiger partial charge in [-0.3, -0.25) is 14.1 Å². The highest BCUT2D eigenvalue weighted by Gasteiger charge is 2.10. The minimum absolute atomic E-state index is 0.693. The lowest BCUT2D eigenvalue weighted by Crippen LogP contribution is -2.38. The smallest absolute Gasteiger partial charge is 0.191 e. The Morgan fingerprint density at radius 1 is 1.20 bits per heavy atom. The van der Waals surface area contributed by atoms with Crippen molar-refractivity contribution in [3.8, 4) is 0 Å². The van der Waals surface area contributed by atoms with Gasteiger partial charge in [0.1, 0.15) is 5.82 Å². The summed E-state index contributed by atoms with van der Waals surface area (Å²) in [7, 11) is 3.73.